The summed E-state index contributed by atoms with van der Waals surface area (Å²) in [6.45, 7) is 7.28. The molecule has 118 valence electrons. The fraction of sp³-hybridized carbons (Fsp3) is 0.529. The monoisotopic (exact) mass is 294 g/mol. The van der Waals surface area contributed by atoms with Crippen molar-refractivity contribution in [2.24, 2.45) is 0 Å². The molecule has 0 atom stereocenters. The summed E-state index contributed by atoms with van der Waals surface area (Å²) in [6, 6.07) is 7.89. The lowest BCUT2D eigenvalue weighted by molar-refractivity contribution is 0.0309. The Hall–Kier alpha value is -1.52. The summed E-state index contributed by atoms with van der Waals surface area (Å²) in [4.78, 5) is 0. The van der Waals surface area contributed by atoms with Gasteiger partial charge in [0.25, 0.3) is 0 Å². The van der Waals surface area contributed by atoms with Gasteiger partial charge in [0, 0.05) is 6.61 Å². The van der Waals surface area contributed by atoms with Crippen LogP contribution >= 0.6 is 0 Å². The molecular formula is C17H26O4. The summed E-state index contributed by atoms with van der Waals surface area (Å²) in [7, 11) is 1.66. The summed E-state index contributed by atoms with van der Waals surface area (Å²) >= 11 is 0. The first-order chi connectivity index (χ1) is 10.3. The number of ether oxygens (including phenoxy) is 4. The maximum absolute atomic E-state index is 5.48. The topological polar surface area (TPSA) is 36.9 Å². The quantitative estimate of drug-likeness (QED) is 0.462. The number of methoxy groups -OCH3 is 1. The van der Waals surface area contributed by atoms with Gasteiger partial charge in [-0.15, -0.1) is 0 Å². The van der Waals surface area contributed by atoms with Crippen LogP contribution in [0.25, 0.3) is 5.57 Å². The molecule has 0 radical (unpaired) electrons. The van der Waals surface area contributed by atoms with Crippen molar-refractivity contribution in [3.05, 3.63) is 36.1 Å². The molecule has 0 aliphatic carbocycles. The normalized spacial score (nSPS) is 11.5. The van der Waals surface area contributed by atoms with E-state index in [4.69, 9.17) is 18.9 Å². The Morgan fingerprint density at radius 2 is 1.57 bits per heavy atom. The van der Waals surface area contributed by atoms with Crippen molar-refractivity contribution in [3.63, 3.8) is 0 Å². The first-order valence-corrected chi connectivity index (χ1v) is 7.36. The van der Waals surface area contributed by atoms with Gasteiger partial charge in [-0.3, -0.25) is 0 Å². The molecule has 0 saturated carbocycles. The Morgan fingerprint density at radius 1 is 0.952 bits per heavy atom. The zero-order valence-corrected chi connectivity index (χ0v) is 13.3. The number of allylic oxidation sites excluding steroid dienone is 1. The van der Waals surface area contributed by atoms with E-state index in [1.165, 1.54) is 0 Å². The number of benzene rings is 1. The third kappa shape index (κ3) is 7.73. The van der Waals surface area contributed by atoms with Crippen molar-refractivity contribution in [2.45, 2.75) is 20.3 Å². The molecule has 21 heavy (non-hydrogen) atoms. The van der Waals surface area contributed by atoms with Crippen LogP contribution in [0.1, 0.15) is 25.8 Å². The Morgan fingerprint density at radius 3 is 2.19 bits per heavy atom. The van der Waals surface area contributed by atoms with Crippen molar-refractivity contribution >= 4 is 5.57 Å². The largest absolute Gasteiger partial charge is 0.498 e. The van der Waals surface area contributed by atoms with Crippen LogP contribution in [-0.4, -0.2) is 40.1 Å². The summed E-state index contributed by atoms with van der Waals surface area (Å²) in [5, 5.41) is 0. The van der Waals surface area contributed by atoms with Crippen molar-refractivity contribution < 1.29 is 18.9 Å². The zero-order valence-electron chi connectivity index (χ0n) is 13.3. The van der Waals surface area contributed by atoms with Gasteiger partial charge in [-0.2, -0.15) is 0 Å². The van der Waals surface area contributed by atoms with Crippen LogP contribution in [0.2, 0.25) is 0 Å². The van der Waals surface area contributed by atoms with Gasteiger partial charge in [0.2, 0.25) is 0 Å². The molecule has 0 bridgehead atoms. The van der Waals surface area contributed by atoms with Gasteiger partial charge in [-0.05, 0) is 36.6 Å². The second-order valence-electron chi connectivity index (χ2n) is 4.62. The molecule has 1 aromatic carbocycles. The van der Waals surface area contributed by atoms with E-state index in [-0.39, 0.29) is 0 Å². The molecule has 4 nitrogen and oxygen atoms in total. The van der Waals surface area contributed by atoms with Crippen molar-refractivity contribution in [1.29, 1.82) is 0 Å². The van der Waals surface area contributed by atoms with E-state index in [2.05, 4.69) is 6.92 Å². The highest BCUT2D eigenvalue weighted by molar-refractivity contribution is 5.63. The van der Waals surface area contributed by atoms with E-state index in [9.17, 15) is 0 Å². The van der Waals surface area contributed by atoms with E-state index in [0.29, 0.717) is 26.4 Å². The average molecular weight is 294 g/mol. The summed E-state index contributed by atoms with van der Waals surface area (Å²) < 4.78 is 21.3. The minimum atomic E-state index is 0.543. The molecular weight excluding hydrogens is 268 g/mol. The van der Waals surface area contributed by atoms with Crippen LogP contribution < -0.4 is 4.74 Å². The van der Waals surface area contributed by atoms with Crippen molar-refractivity contribution in [2.75, 3.05) is 40.1 Å². The lowest BCUT2D eigenvalue weighted by Gasteiger charge is -2.07. The Bertz CT molecular complexity index is 398. The lowest BCUT2D eigenvalue weighted by atomic mass is 10.1. The summed E-state index contributed by atoms with van der Waals surface area (Å²) in [5.74, 6) is 0.853. The van der Waals surface area contributed by atoms with E-state index >= 15 is 0 Å². The molecule has 0 N–H and O–H groups in total. The summed E-state index contributed by atoms with van der Waals surface area (Å²) in [5.41, 5.74) is 2.19. The highest BCUT2D eigenvalue weighted by atomic mass is 16.5. The van der Waals surface area contributed by atoms with Gasteiger partial charge in [0.15, 0.2) is 0 Å². The second-order valence-corrected chi connectivity index (χ2v) is 4.62. The Kier molecular flexibility index (Phi) is 9.33. The van der Waals surface area contributed by atoms with E-state index in [1.807, 2.05) is 31.2 Å². The Labute approximate surface area is 127 Å². The predicted molar refractivity (Wildman–Crippen MR) is 84.5 cm³/mol. The van der Waals surface area contributed by atoms with Gasteiger partial charge in [0.1, 0.15) is 12.4 Å². The Balaban J connectivity index is 2.14. The van der Waals surface area contributed by atoms with Gasteiger partial charge >= 0.3 is 0 Å². The van der Waals surface area contributed by atoms with E-state index < -0.39 is 0 Å². The lowest BCUT2D eigenvalue weighted by Crippen LogP contribution is -2.08. The van der Waals surface area contributed by atoms with Crippen molar-refractivity contribution in [1.82, 2.24) is 0 Å². The number of rotatable bonds is 11. The minimum Gasteiger partial charge on any atom is -0.498 e. The molecule has 1 rings (SSSR count). The van der Waals surface area contributed by atoms with Gasteiger partial charge in [-0.25, -0.2) is 0 Å². The summed E-state index contributed by atoms with van der Waals surface area (Å²) in [6.07, 6.45) is 2.80. The van der Waals surface area contributed by atoms with E-state index in [0.717, 1.165) is 29.9 Å². The SMILES string of the molecule is CCCOCCOCCOC=C(C)c1ccc(OC)cc1. The van der Waals surface area contributed by atoms with E-state index in [1.54, 1.807) is 13.4 Å². The standard InChI is InChI=1S/C17H26O4/c1-4-9-19-10-11-20-12-13-21-14-15(2)16-5-7-17(18-3)8-6-16/h5-8,14H,4,9-13H2,1-3H3. The molecule has 0 fully saturated rings. The van der Waals surface area contributed by atoms with Crippen LogP contribution in [0.15, 0.2) is 30.5 Å². The van der Waals surface area contributed by atoms with Gasteiger partial charge in [0.05, 0.1) is 33.2 Å². The molecule has 4 heteroatoms. The van der Waals surface area contributed by atoms with Gasteiger partial charge in [-0.1, -0.05) is 19.1 Å². The van der Waals surface area contributed by atoms with Crippen LogP contribution in [0.5, 0.6) is 5.75 Å². The molecule has 0 heterocycles. The first-order valence-electron chi connectivity index (χ1n) is 7.36. The molecule has 0 amide bonds. The second kappa shape index (κ2) is 11.2. The van der Waals surface area contributed by atoms with Crippen LogP contribution in [0, 0.1) is 0 Å². The van der Waals surface area contributed by atoms with Crippen LogP contribution in [0.4, 0.5) is 0 Å². The third-order valence-electron chi connectivity index (χ3n) is 2.87. The zero-order chi connectivity index (χ0) is 15.3. The third-order valence-corrected chi connectivity index (χ3v) is 2.87. The van der Waals surface area contributed by atoms with Gasteiger partial charge < -0.3 is 18.9 Å². The highest BCUT2D eigenvalue weighted by Gasteiger charge is 1.97. The molecule has 1 aromatic rings. The predicted octanol–water partition coefficient (Wildman–Crippen LogP) is 3.52. The number of hydrogen-bond donors (Lipinski definition) is 0. The van der Waals surface area contributed by atoms with Crippen LogP contribution in [0.3, 0.4) is 0 Å². The molecule has 0 spiro atoms. The highest BCUT2D eigenvalue weighted by Crippen LogP contribution is 2.17. The molecule has 0 unspecified atom stereocenters. The number of hydrogen-bond acceptors (Lipinski definition) is 4. The van der Waals surface area contributed by atoms with Crippen LogP contribution in [-0.2, 0) is 14.2 Å². The molecule has 0 aliphatic heterocycles. The minimum absolute atomic E-state index is 0.543. The maximum atomic E-state index is 5.48. The maximum Gasteiger partial charge on any atom is 0.118 e. The molecule has 0 saturated heterocycles. The fourth-order valence-electron chi connectivity index (χ4n) is 1.68. The first kappa shape index (κ1) is 17.5. The fourth-order valence-corrected chi connectivity index (χ4v) is 1.68. The smallest absolute Gasteiger partial charge is 0.118 e. The van der Waals surface area contributed by atoms with Crippen molar-refractivity contribution in [3.8, 4) is 5.75 Å². The molecule has 0 aromatic heterocycles. The average Bonchev–Trinajstić information content (AvgIpc) is 2.53. The molecule has 0 aliphatic rings.